The first-order valence-corrected chi connectivity index (χ1v) is 8.86. The SMILES string of the molecule is Cc1[nH]c2cc(F)ccc2c1C(=O)N(C)C1CCS(=O)(=O)C1. The Hall–Kier alpha value is -1.89. The van der Waals surface area contributed by atoms with Gasteiger partial charge < -0.3 is 9.88 Å². The Kier molecular flexibility index (Phi) is 3.47. The van der Waals surface area contributed by atoms with Gasteiger partial charge >= 0.3 is 0 Å². The van der Waals surface area contributed by atoms with Crippen LogP contribution < -0.4 is 0 Å². The van der Waals surface area contributed by atoms with Gasteiger partial charge in [-0.15, -0.1) is 0 Å². The van der Waals surface area contributed by atoms with Crippen LogP contribution in [0.1, 0.15) is 22.5 Å². The van der Waals surface area contributed by atoms with E-state index in [4.69, 9.17) is 0 Å². The van der Waals surface area contributed by atoms with E-state index >= 15 is 0 Å². The monoisotopic (exact) mass is 324 g/mol. The Morgan fingerprint density at radius 1 is 1.41 bits per heavy atom. The molecule has 1 aromatic heterocycles. The van der Waals surface area contributed by atoms with Crippen molar-refractivity contribution in [2.45, 2.75) is 19.4 Å². The molecule has 22 heavy (non-hydrogen) atoms. The van der Waals surface area contributed by atoms with Crippen molar-refractivity contribution in [2.24, 2.45) is 0 Å². The summed E-state index contributed by atoms with van der Waals surface area (Å²) in [4.78, 5) is 17.2. The topological polar surface area (TPSA) is 70.2 Å². The predicted molar refractivity (Wildman–Crippen MR) is 82.1 cm³/mol. The number of H-pyrrole nitrogens is 1. The van der Waals surface area contributed by atoms with Crippen molar-refractivity contribution < 1.29 is 17.6 Å². The molecular weight excluding hydrogens is 307 g/mol. The van der Waals surface area contributed by atoms with E-state index in [1.54, 1.807) is 20.0 Å². The summed E-state index contributed by atoms with van der Waals surface area (Å²) >= 11 is 0. The number of fused-ring (bicyclic) bond motifs is 1. The van der Waals surface area contributed by atoms with Gasteiger partial charge in [-0.25, -0.2) is 12.8 Å². The highest BCUT2D eigenvalue weighted by Gasteiger charge is 2.34. The van der Waals surface area contributed by atoms with Gasteiger partial charge in [0.15, 0.2) is 9.84 Å². The van der Waals surface area contributed by atoms with Gasteiger partial charge in [-0.3, -0.25) is 4.79 Å². The number of benzene rings is 1. The third-order valence-corrected chi connectivity index (χ3v) is 5.99. The lowest BCUT2D eigenvalue weighted by molar-refractivity contribution is 0.0749. The standard InChI is InChI=1S/C15H17FN2O3S/c1-9-14(12-4-3-10(16)7-13(12)17-9)15(19)18(2)11-5-6-22(20,21)8-11/h3-4,7,11,17H,5-6,8H2,1-2H3. The zero-order valence-electron chi connectivity index (χ0n) is 12.4. The summed E-state index contributed by atoms with van der Waals surface area (Å²) in [6.07, 6.45) is 0.459. The van der Waals surface area contributed by atoms with Crippen LogP contribution >= 0.6 is 0 Å². The molecule has 0 saturated carbocycles. The van der Waals surface area contributed by atoms with Crippen LogP contribution in [0.15, 0.2) is 18.2 Å². The van der Waals surface area contributed by atoms with Crippen LogP contribution in [-0.2, 0) is 9.84 Å². The number of hydrogen-bond acceptors (Lipinski definition) is 3. The van der Waals surface area contributed by atoms with Crippen molar-refractivity contribution in [2.75, 3.05) is 18.6 Å². The van der Waals surface area contributed by atoms with E-state index in [-0.39, 0.29) is 29.3 Å². The number of nitrogens with zero attached hydrogens (tertiary/aromatic N) is 1. The second-order valence-corrected chi connectivity index (χ2v) is 8.02. The molecule has 1 aromatic carbocycles. The van der Waals surface area contributed by atoms with Gasteiger partial charge in [-0.05, 0) is 31.5 Å². The van der Waals surface area contributed by atoms with Crippen LogP contribution in [0.2, 0.25) is 0 Å². The number of aryl methyl sites for hydroxylation is 1. The zero-order valence-corrected chi connectivity index (χ0v) is 13.2. The molecule has 0 spiro atoms. The maximum absolute atomic E-state index is 13.3. The Balaban J connectivity index is 1.97. The molecule has 0 aliphatic carbocycles. The first-order valence-electron chi connectivity index (χ1n) is 7.04. The van der Waals surface area contributed by atoms with Crippen molar-refractivity contribution >= 4 is 26.6 Å². The number of aromatic nitrogens is 1. The molecule has 1 amide bonds. The molecule has 1 N–H and O–H groups in total. The first kappa shape index (κ1) is 15.0. The van der Waals surface area contributed by atoms with Gasteiger partial charge in [0.1, 0.15) is 5.82 Å². The molecule has 1 aliphatic heterocycles. The van der Waals surface area contributed by atoms with E-state index in [1.165, 1.54) is 17.0 Å². The Labute approximate surface area is 128 Å². The van der Waals surface area contributed by atoms with Crippen LogP contribution in [0.4, 0.5) is 4.39 Å². The molecular formula is C15H17FN2O3S. The third kappa shape index (κ3) is 2.49. The Morgan fingerprint density at radius 3 is 2.77 bits per heavy atom. The van der Waals surface area contributed by atoms with E-state index in [0.717, 1.165) is 0 Å². The summed E-state index contributed by atoms with van der Waals surface area (Å²) in [6, 6.07) is 3.92. The summed E-state index contributed by atoms with van der Waals surface area (Å²) < 4.78 is 36.5. The number of aromatic amines is 1. The molecule has 1 saturated heterocycles. The summed E-state index contributed by atoms with van der Waals surface area (Å²) in [5, 5.41) is 0.650. The van der Waals surface area contributed by atoms with Gasteiger partial charge in [-0.1, -0.05) is 0 Å². The number of hydrogen-bond donors (Lipinski definition) is 1. The fourth-order valence-electron chi connectivity index (χ4n) is 3.00. The van der Waals surface area contributed by atoms with Crippen LogP contribution in [0.25, 0.3) is 10.9 Å². The lowest BCUT2D eigenvalue weighted by Gasteiger charge is -2.23. The number of carbonyl (C=O) groups excluding carboxylic acids is 1. The van der Waals surface area contributed by atoms with Crippen LogP contribution in [0, 0.1) is 12.7 Å². The van der Waals surface area contributed by atoms with Crippen LogP contribution in [0.3, 0.4) is 0 Å². The minimum absolute atomic E-state index is 0.00523. The van der Waals surface area contributed by atoms with Gasteiger partial charge in [0.2, 0.25) is 0 Å². The molecule has 1 unspecified atom stereocenters. The summed E-state index contributed by atoms with van der Waals surface area (Å²) in [5.41, 5.74) is 1.69. The molecule has 118 valence electrons. The molecule has 1 aliphatic rings. The zero-order chi connectivity index (χ0) is 16.1. The minimum Gasteiger partial charge on any atom is -0.358 e. The normalized spacial score (nSPS) is 20.4. The molecule has 5 nitrogen and oxygen atoms in total. The largest absolute Gasteiger partial charge is 0.358 e. The second-order valence-electron chi connectivity index (χ2n) is 5.79. The van der Waals surface area contributed by atoms with Crippen molar-refractivity contribution in [3.8, 4) is 0 Å². The fraction of sp³-hybridized carbons (Fsp3) is 0.400. The number of amides is 1. The number of nitrogens with one attached hydrogen (secondary N) is 1. The van der Waals surface area contributed by atoms with Gasteiger partial charge in [0, 0.05) is 29.7 Å². The van der Waals surface area contributed by atoms with Crippen molar-refractivity contribution in [3.05, 3.63) is 35.3 Å². The van der Waals surface area contributed by atoms with E-state index < -0.39 is 9.84 Å². The summed E-state index contributed by atoms with van der Waals surface area (Å²) in [6.45, 7) is 1.75. The fourth-order valence-corrected chi connectivity index (χ4v) is 4.78. The molecule has 1 atom stereocenters. The smallest absolute Gasteiger partial charge is 0.256 e. The maximum Gasteiger partial charge on any atom is 0.256 e. The van der Waals surface area contributed by atoms with E-state index in [2.05, 4.69) is 4.98 Å². The lowest BCUT2D eigenvalue weighted by Crippen LogP contribution is -2.38. The summed E-state index contributed by atoms with van der Waals surface area (Å²) in [5.74, 6) is -0.487. The third-order valence-electron chi connectivity index (χ3n) is 4.24. The number of sulfone groups is 1. The quantitative estimate of drug-likeness (QED) is 0.917. The van der Waals surface area contributed by atoms with Gasteiger partial charge in [0.25, 0.3) is 5.91 Å². The Morgan fingerprint density at radius 2 is 2.14 bits per heavy atom. The average molecular weight is 324 g/mol. The van der Waals surface area contributed by atoms with Gasteiger partial charge in [-0.2, -0.15) is 0 Å². The van der Waals surface area contributed by atoms with Crippen LogP contribution in [0.5, 0.6) is 0 Å². The predicted octanol–water partition coefficient (Wildman–Crippen LogP) is 1.87. The molecule has 0 bridgehead atoms. The second kappa shape index (κ2) is 5.08. The molecule has 0 radical (unpaired) electrons. The van der Waals surface area contributed by atoms with Crippen molar-refractivity contribution in [3.63, 3.8) is 0 Å². The van der Waals surface area contributed by atoms with Crippen molar-refractivity contribution in [1.29, 1.82) is 0 Å². The van der Waals surface area contributed by atoms with Crippen molar-refractivity contribution in [1.82, 2.24) is 9.88 Å². The minimum atomic E-state index is -3.05. The molecule has 3 rings (SSSR count). The van der Waals surface area contributed by atoms with Crippen LogP contribution in [-0.4, -0.2) is 48.8 Å². The maximum atomic E-state index is 13.3. The molecule has 7 heteroatoms. The number of halogens is 1. The summed E-state index contributed by atoms with van der Waals surface area (Å²) in [7, 11) is -1.43. The molecule has 1 fully saturated rings. The average Bonchev–Trinajstić information content (AvgIpc) is 2.95. The lowest BCUT2D eigenvalue weighted by atomic mass is 10.1. The number of rotatable bonds is 2. The highest BCUT2D eigenvalue weighted by atomic mass is 32.2. The highest BCUT2D eigenvalue weighted by molar-refractivity contribution is 7.91. The van der Waals surface area contributed by atoms with E-state index in [0.29, 0.717) is 28.6 Å². The highest BCUT2D eigenvalue weighted by Crippen LogP contribution is 2.26. The van der Waals surface area contributed by atoms with E-state index in [9.17, 15) is 17.6 Å². The molecule has 2 heterocycles. The Bertz CT molecular complexity index is 857. The first-order chi connectivity index (χ1) is 10.3. The van der Waals surface area contributed by atoms with E-state index in [1.807, 2.05) is 0 Å². The van der Waals surface area contributed by atoms with Gasteiger partial charge in [0.05, 0.1) is 17.1 Å². The number of carbonyl (C=O) groups is 1. The molecule has 2 aromatic rings.